The number of nitrogens with one attached hydrogen (secondary N) is 1. The number of fused-ring (bicyclic) bond motifs is 1. The zero-order valence-corrected chi connectivity index (χ0v) is 12.6. The number of benzene rings is 2. The standard InChI is InChI=1S/C17H15ClN2O/c1-11-9-17(19-14-6-4-3-5-13(11)14)20-15-10-12(18)7-8-16(15)21-2/h3-10H,1-2H3,(H,19,20). The van der Waals surface area contributed by atoms with Gasteiger partial charge >= 0.3 is 0 Å². The van der Waals surface area contributed by atoms with Crippen LogP contribution in [0.3, 0.4) is 0 Å². The molecule has 2 aromatic carbocycles. The second kappa shape index (κ2) is 5.62. The summed E-state index contributed by atoms with van der Waals surface area (Å²) in [5.41, 5.74) is 2.93. The van der Waals surface area contributed by atoms with Crippen molar-refractivity contribution in [3.8, 4) is 5.75 Å². The smallest absolute Gasteiger partial charge is 0.142 e. The molecular weight excluding hydrogens is 284 g/mol. The minimum absolute atomic E-state index is 0.649. The van der Waals surface area contributed by atoms with E-state index in [4.69, 9.17) is 16.3 Å². The molecule has 106 valence electrons. The normalized spacial score (nSPS) is 10.6. The van der Waals surface area contributed by atoms with Crippen LogP contribution in [-0.4, -0.2) is 12.1 Å². The fourth-order valence-corrected chi connectivity index (χ4v) is 2.50. The van der Waals surface area contributed by atoms with Crippen LogP contribution >= 0.6 is 11.6 Å². The van der Waals surface area contributed by atoms with E-state index in [1.165, 1.54) is 5.56 Å². The number of halogens is 1. The van der Waals surface area contributed by atoms with Gasteiger partial charge in [0.25, 0.3) is 0 Å². The molecule has 0 unspecified atom stereocenters. The van der Waals surface area contributed by atoms with Crippen molar-refractivity contribution < 1.29 is 4.74 Å². The highest BCUT2D eigenvalue weighted by atomic mass is 35.5. The van der Waals surface area contributed by atoms with E-state index in [0.29, 0.717) is 5.02 Å². The van der Waals surface area contributed by atoms with Crippen LogP contribution < -0.4 is 10.1 Å². The van der Waals surface area contributed by atoms with Gasteiger partial charge in [0.1, 0.15) is 11.6 Å². The summed E-state index contributed by atoms with van der Waals surface area (Å²) in [6.07, 6.45) is 0. The van der Waals surface area contributed by atoms with Crippen molar-refractivity contribution in [2.75, 3.05) is 12.4 Å². The van der Waals surface area contributed by atoms with Crippen LogP contribution in [0.5, 0.6) is 5.75 Å². The first kappa shape index (κ1) is 13.7. The number of pyridine rings is 1. The first-order chi connectivity index (χ1) is 10.2. The minimum atomic E-state index is 0.649. The van der Waals surface area contributed by atoms with Gasteiger partial charge in [-0.1, -0.05) is 29.8 Å². The van der Waals surface area contributed by atoms with Crippen molar-refractivity contribution in [2.45, 2.75) is 6.92 Å². The molecule has 0 aliphatic rings. The van der Waals surface area contributed by atoms with Gasteiger partial charge < -0.3 is 10.1 Å². The fraction of sp³-hybridized carbons (Fsp3) is 0.118. The minimum Gasteiger partial charge on any atom is -0.495 e. The van der Waals surface area contributed by atoms with E-state index in [9.17, 15) is 0 Å². The predicted octanol–water partition coefficient (Wildman–Crippen LogP) is 4.95. The monoisotopic (exact) mass is 298 g/mol. The fourth-order valence-electron chi connectivity index (χ4n) is 2.33. The molecular formula is C17H15ClN2O. The molecule has 0 atom stereocenters. The van der Waals surface area contributed by atoms with Crippen LogP contribution in [0.4, 0.5) is 11.5 Å². The summed E-state index contributed by atoms with van der Waals surface area (Å²) in [6, 6.07) is 15.5. The molecule has 3 nitrogen and oxygen atoms in total. The van der Waals surface area contributed by atoms with Crippen molar-refractivity contribution in [2.24, 2.45) is 0 Å². The van der Waals surface area contributed by atoms with E-state index in [-0.39, 0.29) is 0 Å². The number of aryl methyl sites for hydroxylation is 1. The molecule has 1 aromatic heterocycles. The Morgan fingerprint density at radius 1 is 1.10 bits per heavy atom. The van der Waals surface area contributed by atoms with E-state index in [2.05, 4.69) is 23.3 Å². The Labute approximate surface area is 128 Å². The maximum Gasteiger partial charge on any atom is 0.142 e. The third kappa shape index (κ3) is 2.78. The van der Waals surface area contributed by atoms with Gasteiger partial charge in [0.15, 0.2) is 0 Å². The average Bonchev–Trinajstić information content (AvgIpc) is 2.47. The van der Waals surface area contributed by atoms with Gasteiger partial charge in [-0.2, -0.15) is 0 Å². The van der Waals surface area contributed by atoms with E-state index >= 15 is 0 Å². The molecule has 0 aliphatic carbocycles. The maximum atomic E-state index is 6.05. The van der Waals surface area contributed by atoms with Gasteiger partial charge in [0, 0.05) is 10.4 Å². The number of para-hydroxylation sites is 1. The summed E-state index contributed by atoms with van der Waals surface area (Å²) in [5.74, 6) is 1.50. The number of ether oxygens (including phenoxy) is 1. The summed E-state index contributed by atoms with van der Waals surface area (Å²) in [7, 11) is 1.63. The topological polar surface area (TPSA) is 34.1 Å². The molecule has 3 aromatic rings. The van der Waals surface area contributed by atoms with E-state index in [0.717, 1.165) is 28.2 Å². The van der Waals surface area contributed by atoms with Gasteiger partial charge in [-0.05, 0) is 42.8 Å². The van der Waals surface area contributed by atoms with Crippen molar-refractivity contribution in [1.82, 2.24) is 4.98 Å². The summed E-state index contributed by atoms with van der Waals surface area (Å²) >= 11 is 6.05. The first-order valence-electron chi connectivity index (χ1n) is 6.64. The zero-order valence-electron chi connectivity index (χ0n) is 11.9. The third-order valence-electron chi connectivity index (χ3n) is 3.35. The Kier molecular flexibility index (Phi) is 3.67. The number of methoxy groups -OCH3 is 1. The lowest BCUT2D eigenvalue weighted by molar-refractivity contribution is 0.417. The zero-order chi connectivity index (χ0) is 14.8. The Balaban J connectivity index is 2.04. The lowest BCUT2D eigenvalue weighted by Gasteiger charge is -2.12. The maximum absolute atomic E-state index is 6.05. The van der Waals surface area contributed by atoms with Gasteiger partial charge in [-0.25, -0.2) is 4.98 Å². The van der Waals surface area contributed by atoms with Gasteiger partial charge in [0.05, 0.1) is 18.3 Å². The predicted molar refractivity (Wildman–Crippen MR) is 87.8 cm³/mol. The van der Waals surface area contributed by atoms with Crippen molar-refractivity contribution in [1.29, 1.82) is 0 Å². The van der Waals surface area contributed by atoms with Crippen LogP contribution in [0.25, 0.3) is 10.9 Å². The molecule has 0 fully saturated rings. The van der Waals surface area contributed by atoms with Gasteiger partial charge in [-0.3, -0.25) is 0 Å². The first-order valence-corrected chi connectivity index (χ1v) is 7.02. The molecule has 0 bridgehead atoms. The number of hydrogen-bond donors (Lipinski definition) is 1. The van der Waals surface area contributed by atoms with Crippen molar-refractivity contribution in [3.05, 3.63) is 59.1 Å². The second-order valence-electron chi connectivity index (χ2n) is 4.81. The number of nitrogens with zero attached hydrogens (tertiary/aromatic N) is 1. The van der Waals surface area contributed by atoms with Crippen molar-refractivity contribution >= 4 is 34.0 Å². The lowest BCUT2D eigenvalue weighted by atomic mass is 10.1. The quantitative estimate of drug-likeness (QED) is 0.743. The lowest BCUT2D eigenvalue weighted by Crippen LogP contribution is -1.98. The third-order valence-corrected chi connectivity index (χ3v) is 3.58. The van der Waals surface area contributed by atoms with Crippen LogP contribution in [0.1, 0.15) is 5.56 Å². The van der Waals surface area contributed by atoms with Crippen molar-refractivity contribution in [3.63, 3.8) is 0 Å². The molecule has 0 amide bonds. The average molecular weight is 299 g/mol. The van der Waals surface area contributed by atoms with Gasteiger partial charge in [-0.15, -0.1) is 0 Å². The molecule has 0 saturated carbocycles. The van der Waals surface area contributed by atoms with E-state index < -0.39 is 0 Å². The Hall–Kier alpha value is -2.26. The Bertz CT molecular complexity index is 802. The van der Waals surface area contributed by atoms with Crippen LogP contribution in [0, 0.1) is 6.92 Å². The molecule has 3 rings (SSSR count). The SMILES string of the molecule is COc1ccc(Cl)cc1Nc1cc(C)c2ccccc2n1. The molecule has 0 spiro atoms. The summed E-state index contributed by atoms with van der Waals surface area (Å²) in [5, 5.41) is 5.08. The molecule has 0 aliphatic heterocycles. The summed E-state index contributed by atoms with van der Waals surface area (Å²) in [6.45, 7) is 2.07. The number of rotatable bonds is 3. The molecule has 1 heterocycles. The molecule has 1 N–H and O–H groups in total. The molecule has 4 heteroatoms. The molecule has 21 heavy (non-hydrogen) atoms. The van der Waals surface area contributed by atoms with E-state index in [1.807, 2.05) is 36.4 Å². The van der Waals surface area contributed by atoms with Crippen LogP contribution in [0.15, 0.2) is 48.5 Å². The molecule has 0 saturated heterocycles. The second-order valence-corrected chi connectivity index (χ2v) is 5.25. The van der Waals surface area contributed by atoms with Gasteiger partial charge in [0.2, 0.25) is 0 Å². The highest BCUT2D eigenvalue weighted by molar-refractivity contribution is 6.31. The summed E-state index contributed by atoms with van der Waals surface area (Å²) in [4.78, 5) is 4.63. The Morgan fingerprint density at radius 3 is 2.71 bits per heavy atom. The highest BCUT2D eigenvalue weighted by Crippen LogP contribution is 2.31. The number of hydrogen-bond acceptors (Lipinski definition) is 3. The highest BCUT2D eigenvalue weighted by Gasteiger charge is 2.07. The largest absolute Gasteiger partial charge is 0.495 e. The summed E-state index contributed by atoms with van der Waals surface area (Å²) < 4.78 is 5.34. The van der Waals surface area contributed by atoms with E-state index in [1.54, 1.807) is 13.2 Å². The number of anilines is 2. The van der Waals surface area contributed by atoms with Crippen LogP contribution in [0.2, 0.25) is 5.02 Å². The van der Waals surface area contributed by atoms with Crippen LogP contribution in [-0.2, 0) is 0 Å². The Morgan fingerprint density at radius 2 is 1.90 bits per heavy atom. The molecule has 0 radical (unpaired) electrons. The number of aromatic nitrogens is 1.